The van der Waals surface area contributed by atoms with Gasteiger partial charge in [-0.25, -0.2) is 4.39 Å². The molecule has 3 aromatic rings. The topological polar surface area (TPSA) is 26.0 Å². The predicted molar refractivity (Wildman–Crippen MR) is 69.3 cm³/mol. The highest BCUT2D eigenvalue weighted by molar-refractivity contribution is 5.88. The molecule has 1 aromatic heterocycles. The molecule has 0 aliphatic carbocycles. The number of benzene rings is 2. The highest BCUT2D eigenvalue weighted by Gasteiger charge is 2.04. The Morgan fingerprint density at radius 1 is 0.944 bits per heavy atom. The zero-order chi connectivity index (χ0) is 12.4. The van der Waals surface area contributed by atoms with Crippen molar-refractivity contribution in [2.45, 2.75) is 0 Å². The number of rotatable bonds is 2. The fourth-order valence-electron chi connectivity index (χ4n) is 1.81. The van der Waals surface area contributed by atoms with Crippen LogP contribution in [0.25, 0.3) is 23.1 Å². The molecule has 88 valence electrons. The summed E-state index contributed by atoms with van der Waals surface area (Å²) in [5.41, 5.74) is 1.32. The summed E-state index contributed by atoms with van der Waals surface area (Å²) in [5, 5.41) is 4.85. The molecule has 18 heavy (non-hydrogen) atoms. The Morgan fingerprint density at radius 2 is 1.72 bits per heavy atom. The van der Waals surface area contributed by atoms with E-state index in [1.54, 1.807) is 30.4 Å². The van der Waals surface area contributed by atoms with Gasteiger partial charge in [-0.15, -0.1) is 0 Å². The lowest BCUT2D eigenvalue weighted by atomic mass is 10.1. The van der Waals surface area contributed by atoms with Gasteiger partial charge in [0.15, 0.2) is 5.76 Å². The molecule has 0 saturated heterocycles. The number of hydrogen-bond donors (Lipinski definition) is 0. The molecule has 0 aliphatic heterocycles. The van der Waals surface area contributed by atoms with E-state index in [9.17, 15) is 4.39 Å². The van der Waals surface area contributed by atoms with Crippen LogP contribution in [0.4, 0.5) is 4.39 Å². The monoisotopic (exact) mass is 239 g/mol. The quantitative estimate of drug-likeness (QED) is 0.671. The first-order valence-electron chi connectivity index (χ1n) is 5.61. The Labute approximate surface area is 103 Å². The maximum Gasteiger partial charge on any atom is 0.167 e. The van der Waals surface area contributed by atoms with E-state index in [0.29, 0.717) is 11.3 Å². The van der Waals surface area contributed by atoms with Crippen LogP contribution in [0.1, 0.15) is 11.3 Å². The SMILES string of the molecule is Fc1ccccc1/C=C/c1onc2ccccc12. The van der Waals surface area contributed by atoms with Crippen LogP contribution in [0, 0.1) is 5.82 Å². The molecule has 3 heteroatoms. The molecule has 0 amide bonds. The average molecular weight is 239 g/mol. The van der Waals surface area contributed by atoms with E-state index in [1.165, 1.54) is 6.07 Å². The van der Waals surface area contributed by atoms with Crippen molar-refractivity contribution in [1.82, 2.24) is 5.16 Å². The number of halogens is 1. The molecular formula is C15H10FNO. The maximum absolute atomic E-state index is 13.4. The van der Waals surface area contributed by atoms with E-state index in [2.05, 4.69) is 5.16 Å². The number of hydrogen-bond acceptors (Lipinski definition) is 2. The molecule has 0 radical (unpaired) electrons. The zero-order valence-electron chi connectivity index (χ0n) is 9.51. The van der Waals surface area contributed by atoms with E-state index in [0.717, 1.165) is 10.9 Å². The molecule has 0 aliphatic rings. The molecule has 3 rings (SSSR count). The van der Waals surface area contributed by atoms with Crippen LogP contribution in [-0.4, -0.2) is 5.16 Å². The van der Waals surface area contributed by atoms with Crippen molar-refractivity contribution in [3.05, 3.63) is 65.7 Å². The molecule has 2 aromatic carbocycles. The molecule has 0 spiro atoms. The Balaban J connectivity index is 2.00. The Kier molecular flexibility index (Phi) is 2.65. The summed E-state index contributed by atoms with van der Waals surface area (Å²) >= 11 is 0. The van der Waals surface area contributed by atoms with Gasteiger partial charge in [0.25, 0.3) is 0 Å². The van der Waals surface area contributed by atoms with Crippen LogP contribution in [0.5, 0.6) is 0 Å². The van der Waals surface area contributed by atoms with Crippen LogP contribution in [-0.2, 0) is 0 Å². The molecule has 0 bridgehead atoms. The van der Waals surface area contributed by atoms with Gasteiger partial charge in [-0.2, -0.15) is 0 Å². The third kappa shape index (κ3) is 1.91. The van der Waals surface area contributed by atoms with Gasteiger partial charge in [-0.3, -0.25) is 0 Å². The summed E-state index contributed by atoms with van der Waals surface area (Å²) in [4.78, 5) is 0. The third-order valence-electron chi connectivity index (χ3n) is 2.73. The summed E-state index contributed by atoms with van der Waals surface area (Å²) in [6.07, 6.45) is 3.41. The molecule has 2 nitrogen and oxygen atoms in total. The van der Waals surface area contributed by atoms with E-state index in [-0.39, 0.29) is 5.82 Å². The Hall–Kier alpha value is -2.42. The second-order valence-electron chi connectivity index (χ2n) is 3.92. The molecule has 0 fully saturated rings. The van der Waals surface area contributed by atoms with Crippen molar-refractivity contribution in [2.24, 2.45) is 0 Å². The van der Waals surface area contributed by atoms with Crippen molar-refractivity contribution in [2.75, 3.05) is 0 Å². The summed E-state index contributed by atoms with van der Waals surface area (Å²) in [7, 11) is 0. The second kappa shape index (κ2) is 4.45. The number of aromatic nitrogens is 1. The van der Waals surface area contributed by atoms with Crippen molar-refractivity contribution in [3.63, 3.8) is 0 Å². The third-order valence-corrected chi connectivity index (χ3v) is 2.73. The minimum atomic E-state index is -0.252. The highest BCUT2D eigenvalue weighted by Crippen LogP contribution is 2.20. The van der Waals surface area contributed by atoms with Gasteiger partial charge in [0.1, 0.15) is 11.3 Å². The fraction of sp³-hybridized carbons (Fsp3) is 0. The van der Waals surface area contributed by atoms with Crippen molar-refractivity contribution in [3.8, 4) is 0 Å². The van der Waals surface area contributed by atoms with Crippen molar-refractivity contribution >= 4 is 23.1 Å². The lowest BCUT2D eigenvalue weighted by Gasteiger charge is -1.94. The largest absolute Gasteiger partial charge is 0.356 e. The van der Waals surface area contributed by atoms with E-state index < -0.39 is 0 Å². The van der Waals surface area contributed by atoms with E-state index >= 15 is 0 Å². The van der Waals surface area contributed by atoms with Gasteiger partial charge in [-0.1, -0.05) is 35.5 Å². The van der Waals surface area contributed by atoms with Gasteiger partial charge < -0.3 is 4.52 Å². The van der Waals surface area contributed by atoms with E-state index in [1.807, 2.05) is 24.3 Å². The smallest absolute Gasteiger partial charge is 0.167 e. The fourth-order valence-corrected chi connectivity index (χ4v) is 1.81. The van der Waals surface area contributed by atoms with Crippen LogP contribution in [0.2, 0.25) is 0 Å². The van der Waals surface area contributed by atoms with Crippen LogP contribution in [0.3, 0.4) is 0 Å². The second-order valence-corrected chi connectivity index (χ2v) is 3.92. The normalized spacial score (nSPS) is 11.4. The lowest BCUT2D eigenvalue weighted by Crippen LogP contribution is -1.78. The summed E-state index contributed by atoms with van der Waals surface area (Å²) < 4.78 is 18.7. The number of fused-ring (bicyclic) bond motifs is 1. The minimum absolute atomic E-state index is 0.252. The highest BCUT2D eigenvalue weighted by atomic mass is 19.1. The Bertz CT molecular complexity index is 715. The van der Waals surface area contributed by atoms with Gasteiger partial charge in [0.2, 0.25) is 0 Å². The molecule has 0 atom stereocenters. The molecule has 1 heterocycles. The minimum Gasteiger partial charge on any atom is -0.356 e. The molecule has 0 N–H and O–H groups in total. The van der Waals surface area contributed by atoms with Crippen LogP contribution >= 0.6 is 0 Å². The van der Waals surface area contributed by atoms with Crippen molar-refractivity contribution in [1.29, 1.82) is 0 Å². The molecular weight excluding hydrogens is 229 g/mol. The van der Waals surface area contributed by atoms with Crippen molar-refractivity contribution < 1.29 is 8.91 Å². The van der Waals surface area contributed by atoms with E-state index in [4.69, 9.17) is 4.52 Å². The van der Waals surface area contributed by atoms with Gasteiger partial charge in [0, 0.05) is 10.9 Å². The predicted octanol–water partition coefficient (Wildman–Crippen LogP) is 4.14. The summed E-state index contributed by atoms with van der Waals surface area (Å²) in [6.45, 7) is 0. The summed E-state index contributed by atoms with van der Waals surface area (Å²) in [5.74, 6) is 0.381. The van der Waals surface area contributed by atoms with Gasteiger partial charge in [0.05, 0.1) is 0 Å². The van der Waals surface area contributed by atoms with Gasteiger partial charge in [-0.05, 0) is 30.4 Å². The van der Waals surface area contributed by atoms with Crippen LogP contribution < -0.4 is 0 Å². The standard InChI is InChI=1S/C15H10FNO/c16-13-7-3-1-5-11(13)9-10-15-12-6-2-4-8-14(12)17-18-15/h1-10H/b10-9+. The zero-order valence-corrected chi connectivity index (χ0v) is 9.51. The molecule has 0 saturated carbocycles. The number of nitrogens with zero attached hydrogens (tertiary/aromatic N) is 1. The average Bonchev–Trinajstić information content (AvgIpc) is 2.81. The van der Waals surface area contributed by atoms with Gasteiger partial charge >= 0.3 is 0 Å². The van der Waals surface area contributed by atoms with Crippen LogP contribution in [0.15, 0.2) is 53.1 Å². The lowest BCUT2D eigenvalue weighted by molar-refractivity contribution is 0.421. The summed E-state index contributed by atoms with van der Waals surface area (Å²) in [6, 6.07) is 14.2. The Morgan fingerprint density at radius 3 is 2.61 bits per heavy atom. The first kappa shape index (κ1) is 10.7. The first-order valence-corrected chi connectivity index (χ1v) is 5.61. The maximum atomic E-state index is 13.4. The first-order chi connectivity index (χ1) is 8.84. The molecule has 0 unspecified atom stereocenters.